The van der Waals surface area contributed by atoms with E-state index in [0.717, 1.165) is 0 Å². The van der Waals surface area contributed by atoms with Crippen molar-refractivity contribution in [1.29, 1.82) is 0 Å². The minimum absolute atomic E-state index is 0.221. The molecule has 1 aliphatic rings. The Kier molecular flexibility index (Phi) is 7.30. The second-order valence-corrected chi connectivity index (χ2v) is 7.93. The molecule has 0 aliphatic carbocycles. The maximum atomic E-state index is 13.0. The fraction of sp³-hybridized carbons (Fsp3) is 0.500. The third-order valence-electron chi connectivity index (χ3n) is 4.29. The predicted molar refractivity (Wildman–Crippen MR) is 102 cm³/mol. The molecule has 1 aliphatic heterocycles. The third kappa shape index (κ3) is 7.17. The first-order valence-corrected chi connectivity index (χ1v) is 9.38. The standard InChI is InChI=1S/C20H26FN3O5/c1-20(2,3)23-19(28)22-16(25)12-29-18(27)14-8-10-24(11-9-14)17(26)13-4-6-15(21)7-5-13/h4-7,14H,8-12H2,1-3H3,(H2,22,23,25,28). The fourth-order valence-electron chi connectivity index (χ4n) is 2.88. The van der Waals surface area contributed by atoms with Gasteiger partial charge in [-0.3, -0.25) is 19.7 Å². The minimum Gasteiger partial charge on any atom is -0.455 e. The summed E-state index contributed by atoms with van der Waals surface area (Å²) in [6, 6.07) is 4.64. The van der Waals surface area contributed by atoms with Crippen molar-refractivity contribution in [3.8, 4) is 0 Å². The first kappa shape index (κ1) is 22.3. The molecule has 0 bridgehead atoms. The number of urea groups is 1. The molecule has 2 N–H and O–H groups in total. The van der Waals surface area contributed by atoms with Crippen LogP contribution in [0.5, 0.6) is 0 Å². The van der Waals surface area contributed by atoms with Gasteiger partial charge in [-0.15, -0.1) is 0 Å². The van der Waals surface area contributed by atoms with E-state index in [-0.39, 0.29) is 5.91 Å². The Labute approximate surface area is 168 Å². The average Bonchev–Trinajstić information content (AvgIpc) is 2.64. The van der Waals surface area contributed by atoms with Crippen molar-refractivity contribution in [3.05, 3.63) is 35.6 Å². The molecule has 0 atom stereocenters. The molecule has 0 radical (unpaired) electrons. The zero-order chi connectivity index (χ0) is 21.6. The number of rotatable bonds is 4. The van der Waals surface area contributed by atoms with Crippen molar-refractivity contribution in [1.82, 2.24) is 15.5 Å². The minimum atomic E-state index is -0.718. The summed E-state index contributed by atoms with van der Waals surface area (Å²) in [4.78, 5) is 49.5. The molecule has 1 heterocycles. The molecule has 8 nitrogen and oxygen atoms in total. The molecule has 0 saturated carbocycles. The highest BCUT2D eigenvalue weighted by molar-refractivity contribution is 5.96. The van der Waals surface area contributed by atoms with Crippen LogP contribution in [0.4, 0.5) is 9.18 Å². The smallest absolute Gasteiger partial charge is 0.321 e. The molecule has 0 spiro atoms. The Morgan fingerprint density at radius 2 is 1.69 bits per heavy atom. The van der Waals surface area contributed by atoms with Crippen LogP contribution in [0.15, 0.2) is 24.3 Å². The van der Waals surface area contributed by atoms with Crippen molar-refractivity contribution in [2.75, 3.05) is 19.7 Å². The van der Waals surface area contributed by atoms with Crippen LogP contribution in [0.1, 0.15) is 44.0 Å². The number of imide groups is 1. The number of piperidine rings is 1. The van der Waals surface area contributed by atoms with Gasteiger partial charge in [0.15, 0.2) is 6.61 Å². The van der Waals surface area contributed by atoms with Gasteiger partial charge in [0.1, 0.15) is 5.82 Å². The summed E-state index contributed by atoms with van der Waals surface area (Å²) in [6.45, 7) is 5.47. The normalized spacial score (nSPS) is 14.8. The highest BCUT2D eigenvalue weighted by Crippen LogP contribution is 2.20. The lowest BCUT2D eigenvalue weighted by Gasteiger charge is -2.31. The number of benzene rings is 1. The van der Waals surface area contributed by atoms with E-state index >= 15 is 0 Å². The number of hydrogen-bond donors (Lipinski definition) is 2. The number of ether oxygens (including phenoxy) is 1. The molecule has 1 fully saturated rings. The summed E-state index contributed by atoms with van der Waals surface area (Å²) >= 11 is 0. The number of carbonyl (C=O) groups excluding carboxylic acids is 4. The van der Waals surface area contributed by atoms with Crippen LogP contribution < -0.4 is 10.6 Å². The van der Waals surface area contributed by atoms with E-state index in [2.05, 4.69) is 10.6 Å². The maximum Gasteiger partial charge on any atom is 0.321 e. The number of esters is 1. The van der Waals surface area contributed by atoms with Gasteiger partial charge in [0.05, 0.1) is 5.92 Å². The lowest BCUT2D eigenvalue weighted by atomic mass is 9.96. The third-order valence-corrected chi connectivity index (χ3v) is 4.29. The fourth-order valence-corrected chi connectivity index (χ4v) is 2.88. The van der Waals surface area contributed by atoms with E-state index in [4.69, 9.17) is 4.74 Å². The summed E-state index contributed by atoms with van der Waals surface area (Å²) < 4.78 is 18.0. The Morgan fingerprint density at radius 1 is 1.10 bits per heavy atom. The van der Waals surface area contributed by atoms with E-state index in [0.29, 0.717) is 31.5 Å². The molecule has 29 heavy (non-hydrogen) atoms. The van der Waals surface area contributed by atoms with Crippen LogP contribution >= 0.6 is 0 Å². The van der Waals surface area contributed by atoms with Gasteiger partial charge >= 0.3 is 12.0 Å². The van der Waals surface area contributed by atoms with Crippen LogP contribution in [0.2, 0.25) is 0 Å². The molecule has 1 aromatic rings. The highest BCUT2D eigenvalue weighted by Gasteiger charge is 2.29. The van der Waals surface area contributed by atoms with Crippen molar-refractivity contribution in [3.63, 3.8) is 0 Å². The first-order valence-electron chi connectivity index (χ1n) is 9.38. The number of nitrogens with one attached hydrogen (secondary N) is 2. The lowest BCUT2D eigenvalue weighted by Crippen LogP contribution is -2.49. The van der Waals surface area contributed by atoms with Crippen molar-refractivity contribution in [2.24, 2.45) is 5.92 Å². The SMILES string of the molecule is CC(C)(C)NC(=O)NC(=O)COC(=O)C1CCN(C(=O)c2ccc(F)cc2)CC1. The zero-order valence-corrected chi connectivity index (χ0v) is 16.8. The van der Waals surface area contributed by atoms with Crippen molar-refractivity contribution < 1.29 is 28.3 Å². The quantitative estimate of drug-likeness (QED) is 0.741. The van der Waals surface area contributed by atoms with Crippen molar-refractivity contribution in [2.45, 2.75) is 39.2 Å². The van der Waals surface area contributed by atoms with Gasteiger partial charge in [-0.1, -0.05) is 0 Å². The van der Waals surface area contributed by atoms with Crippen LogP contribution in [0.25, 0.3) is 0 Å². The Morgan fingerprint density at radius 3 is 2.24 bits per heavy atom. The number of carbonyl (C=O) groups is 4. The summed E-state index contributed by atoms with van der Waals surface area (Å²) in [5.74, 6) is -2.32. The topological polar surface area (TPSA) is 105 Å². The molecule has 1 saturated heterocycles. The zero-order valence-electron chi connectivity index (χ0n) is 16.8. The van der Waals surface area contributed by atoms with Crippen molar-refractivity contribution >= 4 is 23.8 Å². The molecule has 158 valence electrons. The summed E-state index contributed by atoms with van der Waals surface area (Å²) in [6.07, 6.45) is 0.801. The van der Waals surface area contributed by atoms with E-state index in [9.17, 15) is 23.6 Å². The largest absolute Gasteiger partial charge is 0.455 e. The van der Waals surface area contributed by atoms with E-state index in [1.807, 2.05) is 0 Å². The number of hydrogen-bond acceptors (Lipinski definition) is 5. The number of amides is 4. The maximum absolute atomic E-state index is 13.0. The van der Waals surface area contributed by atoms with Gasteiger partial charge in [0.25, 0.3) is 11.8 Å². The summed E-state index contributed by atoms with van der Waals surface area (Å²) in [5.41, 5.74) is -0.113. The highest BCUT2D eigenvalue weighted by atomic mass is 19.1. The second-order valence-electron chi connectivity index (χ2n) is 7.93. The molecule has 4 amide bonds. The number of halogens is 1. The molecule has 1 aromatic carbocycles. The lowest BCUT2D eigenvalue weighted by molar-refractivity contribution is -0.153. The molecule has 2 rings (SSSR count). The van der Waals surface area contributed by atoms with Gasteiger partial charge in [0.2, 0.25) is 0 Å². The molecular weight excluding hydrogens is 381 g/mol. The van der Waals surface area contributed by atoms with Gasteiger partial charge < -0.3 is 15.0 Å². The van der Waals surface area contributed by atoms with Gasteiger partial charge in [-0.2, -0.15) is 0 Å². The van der Waals surface area contributed by atoms with Gasteiger partial charge in [-0.25, -0.2) is 9.18 Å². The van der Waals surface area contributed by atoms with Crippen LogP contribution in [0.3, 0.4) is 0 Å². The van der Waals surface area contributed by atoms with E-state index in [1.165, 1.54) is 24.3 Å². The van der Waals surface area contributed by atoms with Crippen LogP contribution in [0, 0.1) is 11.7 Å². The predicted octanol–water partition coefficient (Wildman–Crippen LogP) is 1.85. The molecular formula is C20H26FN3O5. The summed E-state index contributed by atoms with van der Waals surface area (Å²) in [5, 5.41) is 4.66. The Hall–Kier alpha value is -2.97. The van der Waals surface area contributed by atoms with E-state index in [1.54, 1.807) is 25.7 Å². The first-order chi connectivity index (χ1) is 13.5. The van der Waals surface area contributed by atoms with Crippen LogP contribution in [-0.4, -0.2) is 54.0 Å². The monoisotopic (exact) mass is 407 g/mol. The second kappa shape index (κ2) is 9.49. The van der Waals surface area contributed by atoms with Gasteiger partial charge in [-0.05, 0) is 57.9 Å². The molecule has 0 aromatic heterocycles. The molecule has 9 heteroatoms. The Bertz CT molecular complexity index is 765. The van der Waals surface area contributed by atoms with Crippen LogP contribution in [-0.2, 0) is 14.3 Å². The Balaban J connectivity index is 1.74. The molecule has 0 unspecified atom stereocenters. The number of nitrogens with zero attached hydrogens (tertiary/aromatic N) is 1. The summed E-state index contributed by atoms with van der Waals surface area (Å²) in [7, 11) is 0. The van der Waals surface area contributed by atoms with Gasteiger partial charge in [0, 0.05) is 24.2 Å². The van der Waals surface area contributed by atoms with E-state index < -0.39 is 41.8 Å². The number of likely N-dealkylation sites (tertiary alicyclic amines) is 1. The average molecular weight is 407 g/mol.